The molecule has 3 aromatic rings. The van der Waals surface area contributed by atoms with Gasteiger partial charge >= 0.3 is 0 Å². The van der Waals surface area contributed by atoms with Gasteiger partial charge in [0.2, 0.25) is 17.7 Å². The number of rotatable bonds is 7. The number of amides is 2. The Morgan fingerprint density at radius 2 is 1.68 bits per heavy atom. The number of anilines is 2. The summed E-state index contributed by atoms with van der Waals surface area (Å²) in [5, 5.41) is 21.7. The summed E-state index contributed by atoms with van der Waals surface area (Å²) < 4.78 is 5.56. The number of carbonyl (C=O) groups is 2. The first-order valence-corrected chi connectivity index (χ1v) is 12.7. The van der Waals surface area contributed by atoms with E-state index in [0.717, 1.165) is 30.5 Å². The number of thioether (sulfide) groups is 1. The molecule has 1 aromatic heterocycles. The predicted molar refractivity (Wildman–Crippen MR) is 140 cm³/mol. The third kappa shape index (κ3) is 6.64. The van der Waals surface area contributed by atoms with Gasteiger partial charge in [-0.3, -0.25) is 19.7 Å². The minimum Gasteiger partial charge on any atom is -0.411 e. The zero-order valence-corrected chi connectivity index (χ0v) is 21.7. The van der Waals surface area contributed by atoms with Gasteiger partial charge in [-0.15, -0.1) is 10.2 Å². The number of non-ortho nitro benzene ring substituents is 1. The molecule has 0 saturated carbocycles. The number of nitro groups is 1. The summed E-state index contributed by atoms with van der Waals surface area (Å²) in [5.41, 5.74) is 1.86. The van der Waals surface area contributed by atoms with E-state index in [2.05, 4.69) is 20.4 Å². The van der Waals surface area contributed by atoms with E-state index in [0.29, 0.717) is 24.3 Å². The van der Waals surface area contributed by atoms with Crippen molar-refractivity contribution < 1.29 is 18.9 Å². The molecule has 0 radical (unpaired) electrons. The minimum absolute atomic E-state index is 0.0299. The van der Waals surface area contributed by atoms with Crippen LogP contribution >= 0.6 is 11.8 Å². The van der Waals surface area contributed by atoms with Crippen molar-refractivity contribution in [1.29, 1.82) is 0 Å². The van der Waals surface area contributed by atoms with Gasteiger partial charge < -0.3 is 19.5 Å². The van der Waals surface area contributed by atoms with Crippen LogP contribution in [0.3, 0.4) is 0 Å². The van der Waals surface area contributed by atoms with Crippen molar-refractivity contribution in [2.24, 2.45) is 5.41 Å². The van der Waals surface area contributed by atoms with Crippen LogP contribution in [0.15, 0.2) is 58.2 Å². The molecule has 11 nitrogen and oxygen atoms in total. The zero-order chi connectivity index (χ0) is 26.6. The Morgan fingerprint density at radius 1 is 1.03 bits per heavy atom. The van der Waals surface area contributed by atoms with Crippen LogP contribution in [0, 0.1) is 15.5 Å². The number of hydrogen-bond donors (Lipinski definition) is 1. The second kappa shape index (κ2) is 11.0. The molecule has 0 aliphatic carbocycles. The molecule has 1 aliphatic heterocycles. The summed E-state index contributed by atoms with van der Waals surface area (Å²) in [5.74, 6) is 0.248. The molecule has 37 heavy (non-hydrogen) atoms. The number of hydrogen-bond acceptors (Lipinski definition) is 9. The topological polar surface area (TPSA) is 135 Å². The number of nitro benzene ring substituents is 1. The van der Waals surface area contributed by atoms with Gasteiger partial charge in [0.15, 0.2) is 0 Å². The lowest BCUT2D eigenvalue weighted by molar-refractivity contribution is -0.384. The summed E-state index contributed by atoms with van der Waals surface area (Å²) >= 11 is 1.10. The first-order chi connectivity index (χ1) is 17.6. The second-order valence-corrected chi connectivity index (χ2v) is 10.5. The smallest absolute Gasteiger partial charge is 0.277 e. The average molecular weight is 525 g/mol. The average Bonchev–Trinajstić information content (AvgIpc) is 3.36. The van der Waals surface area contributed by atoms with Crippen LogP contribution < -0.4 is 10.2 Å². The van der Waals surface area contributed by atoms with Crippen molar-refractivity contribution in [2.45, 2.75) is 26.0 Å². The van der Waals surface area contributed by atoms with Gasteiger partial charge in [0.05, 0.1) is 10.7 Å². The highest BCUT2D eigenvalue weighted by atomic mass is 32.2. The lowest BCUT2D eigenvalue weighted by Crippen LogP contribution is -2.51. The molecule has 0 atom stereocenters. The molecule has 0 bridgehead atoms. The first-order valence-electron chi connectivity index (χ1n) is 11.8. The van der Waals surface area contributed by atoms with Gasteiger partial charge in [-0.2, -0.15) is 0 Å². The quantitative estimate of drug-likeness (QED) is 0.276. The monoisotopic (exact) mass is 524 g/mol. The number of benzene rings is 2. The molecule has 12 heteroatoms. The molecule has 1 fully saturated rings. The molecule has 2 amide bonds. The largest absolute Gasteiger partial charge is 0.411 e. The van der Waals surface area contributed by atoms with E-state index in [9.17, 15) is 19.7 Å². The van der Waals surface area contributed by atoms with Crippen LogP contribution in [-0.4, -0.2) is 63.8 Å². The van der Waals surface area contributed by atoms with E-state index in [4.69, 9.17) is 4.42 Å². The highest BCUT2D eigenvalue weighted by molar-refractivity contribution is 7.99. The molecule has 2 heterocycles. The van der Waals surface area contributed by atoms with Crippen molar-refractivity contribution in [3.8, 4) is 11.5 Å². The third-order valence-electron chi connectivity index (χ3n) is 5.78. The van der Waals surface area contributed by atoms with Gasteiger partial charge in [-0.1, -0.05) is 32.5 Å². The molecular formula is C25H28N6O5S. The maximum atomic E-state index is 12.5. The Balaban J connectivity index is 1.24. The molecule has 1 N–H and O–H groups in total. The van der Waals surface area contributed by atoms with E-state index in [1.807, 2.05) is 49.9 Å². The van der Waals surface area contributed by atoms with Crippen molar-refractivity contribution >= 4 is 40.6 Å². The summed E-state index contributed by atoms with van der Waals surface area (Å²) in [4.78, 5) is 39.3. The molecule has 194 valence electrons. The first kappa shape index (κ1) is 26.1. The van der Waals surface area contributed by atoms with Crippen LogP contribution in [-0.2, 0) is 9.59 Å². The predicted octanol–water partition coefficient (Wildman–Crippen LogP) is 4.07. The van der Waals surface area contributed by atoms with E-state index in [1.165, 1.54) is 24.3 Å². The summed E-state index contributed by atoms with van der Waals surface area (Å²) in [6, 6.07) is 13.4. The number of aromatic nitrogens is 2. The fraction of sp³-hybridized carbons (Fsp3) is 0.360. The standard InChI is InChI=1S/C25H28N6O5S/c1-25(2,3)23(33)30-14-12-29(13-15-30)19-10-6-18(7-11-19)26-21(32)16-37-24-28-27-22(36-24)17-4-8-20(9-5-17)31(34)35/h4-11H,12-16H2,1-3H3,(H,26,32). The van der Waals surface area contributed by atoms with Gasteiger partial charge in [0.1, 0.15) is 0 Å². The fourth-order valence-corrected chi connectivity index (χ4v) is 4.40. The number of nitrogens with one attached hydrogen (secondary N) is 1. The highest BCUT2D eigenvalue weighted by Gasteiger charge is 2.29. The second-order valence-electron chi connectivity index (χ2n) is 9.59. The van der Waals surface area contributed by atoms with E-state index >= 15 is 0 Å². The van der Waals surface area contributed by atoms with Gasteiger partial charge in [0.25, 0.3) is 10.9 Å². The summed E-state index contributed by atoms with van der Waals surface area (Å²) in [7, 11) is 0. The molecule has 1 saturated heterocycles. The Hall–Kier alpha value is -3.93. The SMILES string of the molecule is CC(C)(C)C(=O)N1CCN(c2ccc(NC(=O)CSc3nnc(-c4ccc([N+](=O)[O-])cc4)o3)cc2)CC1. The Morgan fingerprint density at radius 3 is 2.27 bits per heavy atom. The molecule has 4 rings (SSSR count). The third-order valence-corrected chi connectivity index (χ3v) is 6.60. The minimum atomic E-state index is -0.483. The Bertz CT molecular complexity index is 1260. The Kier molecular flexibility index (Phi) is 7.77. The van der Waals surface area contributed by atoms with Crippen LogP contribution in [0.4, 0.5) is 17.1 Å². The van der Waals surface area contributed by atoms with Crippen LogP contribution in [0.25, 0.3) is 11.5 Å². The maximum absolute atomic E-state index is 12.5. The lowest BCUT2D eigenvalue weighted by atomic mass is 9.94. The molecule has 0 spiro atoms. The number of piperazine rings is 1. The normalized spacial score (nSPS) is 13.9. The van der Waals surface area contributed by atoms with Gasteiger partial charge in [-0.25, -0.2) is 0 Å². The summed E-state index contributed by atoms with van der Waals surface area (Å²) in [6.07, 6.45) is 0. The number of nitrogens with zero attached hydrogens (tertiary/aromatic N) is 5. The number of carbonyl (C=O) groups excluding carboxylic acids is 2. The van der Waals surface area contributed by atoms with Crippen LogP contribution in [0.1, 0.15) is 20.8 Å². The van der Waals surface area contributed by atoms with Crippen molar-refractivity contribution in [2.75, 3.05) is 42.1 Å². The fourth-order valence-electron chi connectivity index (χ4n) is 3.83. The molecule has 1 aliphatic rings. The highest BCUT2D eigenvalue weighted by Crippen LogP contribution is 2.26. The van der Waals surface area contributed by atoms with Crippen molar-refractivity contribution in [3.63, 3.8) is 0 Å². The molecule has 0 unspecified atom stereocenters. The van der Waals surface area contributed by atoms with Gasteiger partial charge in [0, 0.05) is 60.7 Å². The van der Waals surface area contributed by atoms with Crippen LogP contribution in [0.2, 0.25) is 0 Å². The van der Waals surface area contributed by atoms with Crippen molar-refractivity contribution in [1.82, 2.24) is 15.1 Å². The van der Waals surface area contributed by atoms with Gasteiger partial charge in [-0.05, 0) is 36.4 Å². The van der Waals surface area contributed by atoms with Crippen LogP contribution in [0.5, 0.6) is 0 Å². The van der Waals surface area contributed by atoms with E-state index in [-0.39, 0.29) is 39.8 Å². The zero-order valence-electron chi connectivity index (χ0n) is 20.8. The van der Waals surface area contributed by atoms with Crippen molar-refractivity contribution in [3.05, 3.63) is 58.6 Å². The lowest BCUT2D eigenvalue weighted by Gasteiger charge is -2.38. The van der Waals surface area contributed by atoms with E-state index < -0.39 is 4.92 Å². The molecular weight excluding hydrogens is 496 g/mol. The Labute approximate surface area is 218 Å². The maximum Gasteiger partial charge on any atom is 0.277 e. The van der Waals surface area contributed by atoms with E-state index in [1.54, 1.807) is 0 Å². The summed E-state index contributed by atoms with van der Waals surface area (Å²) in [6.45, 7) is 8.71. The molecule has 2 aromatic carbocycles.